The summed E-state index contributed by atoms with van der Waals surface area (Å²) in [5.74, 6) is 0.210. The van der Waals surface area contributed by atoms with Gasteiger partial charge in [-0.1, -0.05) is 37.1 Å². The third kappa shape index (κ3) is 4.38. The number of hydrazine groups is 1. The Morgan fingerprint density at radius 1 is 1.19 bits per heavy atom. The Morgan fingerprint density at radius 3 is 2.59 bits per heavy atom. The molecule has 5 rings (SSSR count). The predicted octanol–water partition coefficient (Wildman–Crippen LogP) is 5.97. The molecule has 0 saturated heterocycles. The maximum Gasteiger partial charge on any atom is 0.162 e. The van der Waals surface area contributed by atoms with Crippen molar-refractivity contribution in [3.05, 3.63) is 87.5 Å². The zero-order valence-corrected chi connectivity index (χ0v) is 22.0. The zero-order valence-electron chi connectivity index (χ0n) is 21.2. The molecule has 0 fully saturated rings. The first-order valence-corrected chi connectivity index (χ1v) is 12.4. The first kappa shape index (κ1) is 24.7. The molecule has 1 aromatic heterocycles. The number of benzene rings is 2. The number of rotatable bonds is 4. The van der Waals surface area contributed by atoms with Crippen LogP contribution in [0.15, 0.2) is 71.2 Å². The van der Waals surface area contributed by atoms with Crippen LogP contribution < -0.4 is 15.9 Å². The number of fused-ring (bicyclic) bond motifs is 1. The summed E-state index contributed by atoms with van der Waals surface area (Å²) < 4.78 is 5.26. The average molecular weight is 514 g/mol. The molecule has 0 bridgehead atoms. The van der Waals surface area contributed by atoms with E-state index >= 15 is 0 Å². The second-order valence-corrected chi connectivity index (χ2v) is 10.7. The van der Waals surface area contributed by atoms with E-state index in [4.69, 9.17) is 22.1 Å². The van der Waals surface area contributed by atoms with Crippen molar-refractivity contribution in [1.29, 1.82) is 5.26 Å². The van der Waals surface area contributed by atoms with E-state index in [1.165, 1.54) is 0 Å². The van der Waals surface area contributed by atoms with Crippen LogP contribution in [0, 0.1) is 23.7 Å². The number of nitrogens with two attached hydrogens (primary N) is 1. The van der Waals surface area contributed by atoms with Crippen molar-refractivity contribution in [1.82, 2.24) is 9.99 Å². The summed E-state index contributed by atoms with van der Waals surface area (Å²) in [7, 11) is 1.61. The molecule has 188 valence electrons. The van der Waals surface area contributed by atoms with Crippen molar-refractivity contribution < 1.29 is 9.53 Å². The molecule has 0 amide bonds. The van der Waals surface area contributed by atoms with Crippen molar-refractivity contribution in [2.24, 2.45) is 11.1 Å². The number of anilines is 1. The highest BCUT2D eigenvalue weighted by Gasteiger charge is 2.45. The minimum atomic E-state index is -0.706. The fourth-order valence-corrected chi connectivity index (χ4v) is 5.49. The van der Waals surface area contributed by atoms with Crippen molar-refractivity contribution in [2.45, 2.75) is 39.5 Å². The number of ether oxygens (including phenoxy) is 1. The Kier molecular flexibility index (Phi) is 6.09. The fourth-order valence-electron chi connectivity index (χ4n) is 5.23. The van der Waals surface area contributed by atoms with Gasteiger partial charge in [-0.15, -0.1) is 0 Å². The Labute approximate surface area is 221 Å². The van der Waals surface area contributed by atoms with Crippen LogP contribution in [0.25, 0.3) is 10.9 Å². The summed E-state index contributed by atoms with van der Waals surface area (Å²) in [5, 5.41) is 13.1. The number of nitrogens with zero attached hydrogens (tertiary/aromatic N) is 3. The third-order valence-corrected chi connectivity index (χ3v) is 7.28. The van der Waals surface area contributed by atoms with Crippen LogP contribution in [0.5, 0.6) is 5.75 Å². The number of allylic oxidation sites excluding steroid dienone is 3. The predicted molar refractivity (Wildman–Crippen MR) is 145 cm³/mol. The summed E-state index contributed by atoms with van der Waals surface area (Å²) >= 11 is 6.72. The first-order chi connectivity index (χ1) is 17.6. The number of methoxy groups -OCH3 is 1. The Bertz CT molecular complexity index is 1530. The van der Waals surface area contributed by atoms with E-state index in [1.54, 1.807) is 12.1 Å². The largest absolute Gasteiger partial charge is 0.497 e. The molecule has 1 atom stereocenters. The second kappa shape index (κ2) is 9.13. The molecule has 1 aliphatic carbocycles. The van der Waals surface area contributed by atoms with Gasteiger partial charge in [0, 0.05) is 22.9 Å². The highest BCUT2D eigenvalue weighted by molar-refractivity contribution is 6.31. The van der Waals surface area contributed by atoms with Gasteiger partial charge in [-0.3, -0.25) is 10.2 Å². The number of nitriles is 1. The molecule has 37 heavy (non-hydrogen) atoms. The molecule has 1 unspecified atom stereocenters. The van der Waals surface area contributed by atoms with Crippen molar-refractivity contribution in [3.63, 3.8) is 0 Å². The fraction of sp³-hybridized carbons (Fsp3) is 0.276. The van der Waals surface area contributed by atoms with Crippen molar-refractivity contribution >= 4 is 34.0 Å². The summed E-state index contributed by atoms with van der Waals surface area (Å²) in [4.78, 5) is 18.3. The molecule has 2 aromatic carbocycles. The van der Waals surface area contributed by atoms with Gasteiger partial charge in [0.05, 0.1) is 41.6 Å². The Balaban J connectivity index is 1.71. The van der Waals surface area contributed by atoms with Gasteiger partial charge < -0.3 is 10.5 Å². The standard InChI is InChI=1S/C29H28ClN5O2/c1-16-5-10-22-17(11-16)12-20(27(30)33-22)25-21(15-31)28(32)35(34-18-6-8-19(37-4)9-7-18)23-13-29(2,3)14-24(36)26(23)25/h5-12,25,34H,13-14,32H2,1-4H3. The number of nitrogens with one attached hydrogen (secondary N) is 1. The number of aryl methyl sites for hydroxylation is 1. The van der Waals surface area contributed by atoms with Crippen molar-refractivity contribution in [2.75, 3.05) is 12.5 Å². The van der Waals surface area contributed by atoms with Crippen LogP contribution in [-0.2, 0) is 4.79 Å². The number of aromatic nitrogens is 1. The average Bonchev–Trinajstić information content (AvgIpc) is 2.85. The topological polar surface area (TPSA) is 104 Å². The van der Waals surface area contributed by atoms with Crippen LogP contribution in [0.1, 0.15) is 43.7 Å². The van der Waals surface area contributed by atoms with Gasteiger partial charge in [0.1, 0.15) is 16.7 Å². The SMILES string of the molecule is COc1ccc(NN2C(N)=C(C#N)C(c3cc4cc(C)ccc4nc3Cl)C3=C2CC(C)(C)CC3=O)cc1. The molecular weight excluding hydrogens is 486 g/mol. The van der Waals surface area contributed by atoms with Crippen LogP contribution in [0.2, 0.25) is 5.15 Å². The maximum atomic E-state index is 13.7. The number of hydrogen-bond acceptors (Lipinski definition) is 7. The second-order valence-electron chi connectivity index (χ2n) is 10.4. The number of carbonyl (C=O) groups is 1. The number of ketones is 1. The maximum absolute atomic E-state index is 13.7. The lowest BCUT2D eigenvalue weighted by Crippen LogP contribution is -2.44. The van der Waals surface area contributed by atoms with Crippen LogP contribution in [-0.4, -0.2) is 22.9 Å². The van der Waals surface area contributed by atoms with E-state index in [1.807, 2.05) is 55.5 Å². The molecule has 0 radical (unpaired) electrons. The number of Topliss-reactive ketones (excluding diaryl/α,β-unsaturated/α-hetero) is 1. The third-order valence-electron chi connectivity index (χ3n) is 6.97. The zero-order chi connectivity index (χ0) is 26.5. The highest BCUT2D eigenvalue weighted by Crippen LogP contribution is 2.50. The van der Waals surface area contributed by atoms with Gasteiger partial charge in [-0.2, -0.15) is 5.26 Å². The van der Waals surface area contributed by atoms with E-state index in [0.717, 1.165) is 27.9 Å². The highest BCUT2D eigenvalue weighted by atomic mass is 35.5. The molecule has 2 aliphatic rings. The van der Waals surface area contributed by atoms with Gasteiger partial charge in [-0.05, 0) is 61.2 Å². The van der Waals surface area contributed by atoms with Crippen LogP contribution in [0.4, 0.5) is 5.69 Å². The van der Waals surface area contributed by atoms with E-state index in [0.29, 0.717) is 29.7 Å². The molecule has 0 saturated carbocycles. The van der Waals surface area contributed by atoms with Gasteiger partial charge in [0.2, 0.25) is 0 Å². The van der Waals surface area contributed by atoms with Crippen LogP contribution >= 0.6 is 11.6 Å². The van der Waals surface area contributed by atoms with E-state index in [9.17, 15) is 10.1 Å². The molecule has 7 nitrogen and oxygen atoms in total. The Hall–Kier alpha value is -4.02. The molecule has 2 heterocycles. The quantitative estimate of drug-likeness (QED) is 0.414. The van der Waals surface area contributed by atoms with Crippen molar-refractivity contribution in [3.8, 4) is 11.8 Å². The lowest BCUT2D eigenvalue weighted by molar-refractivity contribution is -0.118. The minimum absolute atomic E-state index is 0.0292. The minimum Gasteiger partial charge on any atom is -0.497 e. The summed E-state index contributed by atoms with van der Waals surface area (Å²) in [6.45, 7) is 6.12. The molecule has 8 heteroatoms. The molecule has 0 spiro atoms. The number of carbonyl (C=O) groups excluding carboxylic acids is 1. The van der Waals surface area contributed by atoms with E-state index < -0.39 is 5.92 Å². The van der Waals surface area contributed by atoms with E-state index in [-0.39, 0.29) is 27.7 Å². The molecule has 3 aromatic rings. The number of hydrogen-bond donors (Lipinski definition) is 2. The molecule has 1 aliphatic heterocycles. The van der Waals surface area contributed by atoms with Crippen LogP contribution in [0.3, 0.4) is 0 Å². The summed E-state index contributed by atoms with van der Waals surface area (Å²) in [6, 6.07) is 17.5. The molecular formula is C29H28ClN5O2. The summed E-state index contributed by atoms with van der Waals surface area (Å²) in [5.41, 5.74) is 14.4. The van der Waals surface area contributed by atoms with E-state index in [2.05, 4.69) is 30.3 Å². The van der Waals surface area contributed by atoms with Gasteiger partial charge in [0.15, 0.2) is 5.78 Å². The number of halogens is 1. The first-order valence-electron chi connectivity index (χ1n) is 12.1. The lowest BCUT2D eigenvalue weighted by atomic mass is 9.69. The lowest BCUT2D eigenvalue weighted by Gasteiger charge is -2.43. The monoisotopic (exact) mass is 513 g/mol. The normalized spacial score (nSPS) is 19.1. The number of pyridine rings is 1. The summed E-state index contributed by atoms with van der Waals surface area (Å²) in [6.07, 6.45) is 0.944. The Morgan fingerprint density at radius 2 is 1.92 bits per heavy atom. The molecule has 3 N–H and O–H groups in total. The van der Waals surface area contributed by atoms with Gasteiger partial charge in [0.25, 0.3) is 0 Å². The van der Waals surface area contributed by atoms with Gasteiger partial charge in [-0.25, -0.2) is 9.99 Å². The smallest absolute Gasteiger partial charge is 0.162 e. The van der Waals surface area contributed by atoms with Gasteiger partial charge >= 0.3 is 0 Å².